The topological polar surface area (TPSA) is 28.4 Å². The second-order valence-electron chi connectivity index (χ2n) is 5.79. The fraction of sp³-hybridized carbons (Fsp3) is 0.412. The molecule has 3 nitrogen and oxygen atoms in total. The van der Waals surface area contributed by atoms with Gasteiger partial charge in [-0.05, 0) is 36.7 Å². The lowest BCUT2D eigenvalue weighted by Gasteiger charge is -2.28. The third-order valence-corrected chi connectivity index (χ3v) is 4.19. The Morgan fingerprint density at radius 3 is 2.61 bits per heavy atom. The van der Waals surface area contributed by atoms with Crippen LogP contribution < -0.4 is 5.32 Å². The van der Waals surface area contributed by atoms with E-state index in [2.05, 4.69) is 10.2 Å². The molecule has 1 saturated heterocycles. The zero-order valence-corrected chi connectivity index (χ0v) is 12.6. The van der Waals surface area contributed by atoms with Crippen molar-refractivity contribution in [3.63, 3.8) is 0 Å². The van der Waals surface area contributed by atoms with Crippen LogP contribution >= 0.6 is 0 Å². The Balaban J connectivity index is 1.83. The van der Waals surface area contributed by atoms with Crippen LogP contribution in [-0.4, -0.2) is 24.0 Å². The first kappa shape index (κ1) is 16.1. The quantitative estimate of drug-likeness (QED) is 0.910. The highest BCUT2D eigenvalue weighted by atomic mass is 19.4. The van der Waals surface area contributed by atoms with E-state index in [1.54, 1.807) is 24.5 Å². The highest BCUT2D eigenvalue weighted by molar-refractivity contribution is 5.29. The molecule has 0 bridgehead atoms. The number of hydrogen-bond acceptors (Lipinski definition) is 3. The number of halogens is 3. The average Bonchev–Trinajstić information content (AvgIpc) is 3.19. The lowest BCUT2D eigenvalue weighted by atomic mass is 10.1. The van der Waals surface area contributed by atoms with Crippen molar-refractivity contribution in [2.75, 3.05) is 13.1 Å². The van der Waals surface area contributed by atoms with E-state index < -0.39 is 11.7 Å². The Morgan fingerprint density at radius 1 is 1.13 bits per heavy atom. The monoisotopic (exact) mass is 324 g/mol. The van der Waals surface area contributed by atoms with Crippen molar-refractivity contribution in [2.45, 2.75) is 31.7 Å². The number of nitrogens with zero attached hydrogens (tertiary/aromatic N) is 1. The molecule has 1 N–H and O–H groups in total. The van der Waals surface area contributed by atoms with Gasteiger partial charge >= 0.3 is 6.18 Å². The zero-order valence-electron chi connectivity index (χ0n) is 12.6. The van der Waals surface area contributed by atoms with E-state index in [4.69, 9.17) is 4.42 Å². The summed E-state index contributed by atoms with van der Waals surface area (Å²) in [5.41, 5.74) is -0.256. The van der Waals surface area contributed by atoms with E-state index >= 15 is 0 Å². The molecule has 1 aromatic heterocycles. The molecule has 6 heteroatoms. The first-order chi connectivity index (χ1) is 11.0. The third kappa shape index (κ3) is 3.95. The molecule has 1 atom stereocenters. The molecule has 2 heterocycles. The van der Waals surface area contributed by atoms with E-state index in [0.717, 1.165) is 31.3 Å². The highest BCUT2D eigenvalue weighted by Gasteiger charge is 2.34. The number of furan rings is 1. The van der Waals surface area contributed by atoms with E-state index in [1.807, 2.05) is 6.07 Å². The Labute approximate surface area is 133 Å². The average molecular weight is 324 g/mol. The van der Waals surface area contributed by atoms with Crippen LogP contribution in [0.1, 0.15) is 23.3 Å². The first-order valence-electron chi connectivity index (χ1n) is 7.66. The number of hydrogen-bond donors (Lipinski definition) is 1. The minimum atomic E-state index is -4.33. The maximum absolute atomic E-state index is 13.2. The van der Waals surface area contributed by atoms with Crippen LogP contribution in [-0.2, 0) is 19.3 Å². The van der Waals surface area contributed by atoms with Crippen LogP contribution in [0.3, 0.4) is 0 Å². The van der Waals surface area contributed by atoms with Gasteiger partial charge in [0.05, 0.1) is 18.4 Å². The molecule has 0 saturated carbocycles. The predicted molar refractivity (Wildman–Crippen MR) is 80.7 cm³/mol. The lowest BCUT2D eigenvalue weighted by Crippen LogP contribution is -2.36. The van der Waals surface area contributed by atoms with Crippen molar-refractivity contribution in [1.29, 1.82) is 0 Å². The van der Waals surface area contributed by atoms with Gasteiger partial charge in [0.25, 0.3) is 0 Å². The van der Waals surface area contributed by atoms with Gasteiger partial charge in [0, 0.05) is 19.1 Å². The van der Waals surface area contributed by atoms with E-state index in [0.29, 0.717) is 12.1 Å². The van der Waals surface area contributed by atoms with Gasteiger partial charge in [-0.15, -0.1) is 0 Å². The van der Waals surface area contributed by atoms with Crippen molar-refractivity contribution in [2.24, 2.45) is 0 Å². The van der Waals surface area contributed by atoms with E-state index in [-0.39, 0.29) is 12.6 Å². The van der Waals surface area contributed by atoms with Gasteiger partial charge in [0.15, 0.2) is 0 Å². The van der Waals surface area contributed by atoms with Crippen molar-refractivity contribution < 1.29 is 17.6 Å². The van der Waals surface area contributed by atoms with E-state index in [9.17, 15) is 13.2 Å². The lowest BCUT2D eigenvalue weighted by molar-refractivity contribution is -0.138. The van der Waals surface area contributed by atoms with Crippen molar-refractivity contribution in [3.8, 4) is 0 Å². The summed E-state index contributed by atoms with van der Waals surface area (Å²) in [5.74, 6) is 0.765. The zero-order chi connectivity index (χ0) is 16.3. The van der Waals surface area contributed by atoms with E-state index in [1.165, 1.54) is 6.07 Å². The summed E-state index contributed by atoms with van der Waals surface area (Å²) in [7, 11) is 0. The summed E-state index contributed by atoms with van der Waals surface area (Å²) < 4.78 is 45.0. The molecule has 1 aromatic carbocycles. The molecule has 1 aliphatic rings. The van der Waals surface area contributed by atoms with Crippen molar-refractivity contribution >= 4 is 0 Å². The molecule has 3 rings (SSSR count). The van der Waals surface area contributed by atoms with Crippen LogP contribution in [0.4, 0.5) is 13.2 Å². The summed E-state index contributed by atoms with van der Waals surface area (Å²) in [5, 5.41) is 3.27. The molecular weight excluding hydrogens is 305 g/mol. The Kier molecular flexibility index (Phi) is 4.73. The maximum Gasteiger partial charge on any atom is 0.416 e. The molecule has 124 valence electrons. The number of rotatable bonds is 5. The van der Waals surface area contributed by atoms with Gasteiger partial charge in [-0.3, -0.25) is 4.90 Å². The van der Waals surface area contributed by atoms with Crippen LogP contribution in [0.15, 0.2) is 47.1 Å². The maximum atomic E-state index is 13.2. The molecule has 1 aliphatic heterocycles. The summed E-state index contributed by atoms with van der Waals surface area (Å²) in [4.78, 5) is 2.06. The van der Waals surface area contributed by atoms with Crippen molar-refractivity contribution in [1.82, 2.24) is 10.2 Å². The van der Waals surface area contributed by atoms with Crippen molar-refractivity contribution in [3.05, 3.63) is 59.5 Å². The standard InChI is InChI=1S/C17H19F3N2O/c18-17(19,20)16-6-2-1-4-13(16)11-22(14-7-8-21-10-14)12-15-5-3-9-23-15/h1-6,9,14,21H,7-8,10-12H2/t14-/m0/s1. The van der Waals surface area contributed by atoms with Gasteiger partial charge in [0.2, 0.25) is 0 Å². The molecule has 0 radical (unpaired) electrons. The highest BCUT2D eigenvalue weighted by Crippen LogP contribution is 2.33. The summed E-state index contributed by atoms with van der Waals surface area (Å²) in [6.45, 7) is 2.43. The number of benzene rings is 1. The largest absolute Gasteiger partial charge is 0.468 e. The molecular formula is C17H19F3N2O. The molecule has 0 spiro atoms. The molecule has 0 amide bonds. The predicted octanol–water partition coefficient (Wildman–Crippen LogP) is 3.66. The molecule has 1 fully saturated rings. The third-order valence-electron chi connectivity index (χ3n) is 4.19. The summed E-state index contributed by atoms with van der Waals surface area (Å²) in [6, 6.07) is 9.65. The Hall–Kier alpha value is -1.79. The second kappa shape index (κ2) is 6.76. The van der Waals surface area contributed by atoms with Gasteiger partial charge in [-0.1, -0.05) is 18.2 Å². The first-order valence-corrected chi connectivity index (χ1v) is 7.66. The van der Waals surface area contributed by atoms with Gasteiger partial charge in [0.1, 0.15) is 5.76 Å². The van der Waals surface area contributed by atoms with Crippen LogP contribution in [0.25, 0.3) is 0 Å². The number of alkyl halides is 3. The minimum Gasteiger partial charge on any atom is -0.468 e. The van der Waals surface area contributed by atoms with Crippen LogP contribution in [0.5, 0.6) is 0 Å². The van der Waals surface area contributed by atoms with Gasteiger partial charge in [-0.25, -0.2) is 0 Å². The Morgan fingerprint density at radius 2 is 1.96 bits per heavy atom. The second-order valence-corrected chi connectivity index (χ2v) is 5.79. The van der Waals surface area contributed by atoms with Crippen LogP contribution in [0.2, 0.25) is 0 Å². The fourth-order valence-corrected chi connectivity index (χ4v) is 3.02. The summed E-state index contributed by atoms with van der Waals surface area (Å²) in [6.07, 6.45) is -1.82. The minimum absolute atomic E-state index is 0.210. The molecule has 0 unspecified atom stereocenters. The summed E-state index contributed by atoms with van der Waals surface area (Å²) >= 11 is 0. The molecule has 23 heavy (non-hydrogen) atoms. The number of nitrogens with one attached hydrogen (secondary N) is 1. The molecule has 0 aliphatic carbocycles. The SMILES string of the molecule is FC(F)(F)c1ccccc1CN(Cc1ccco1)[C@H]1CCNC1. The Bertz CT molecular complexity index is 619. The van der Waals surface area contributed by atoms with Crippen LogP contribution in [0, 0.1) is 0 Å². The molecule has 2 aromatic rings. The van der Waals surface area contributed by atoms with Gasteiger partial charge < -0.3 is 9.73 Å². The normalized spacial score (nSPS) is 18.7. The smallest absolute Gasteiger partial charge is 0.416 e. The fourth-order valence-electron chi connectivity index (χ4n) is 3.02. The van der Waals surface area contributed by atoms with Gasteiger partial charge in [-0.2, -0.15) is 13.2 Å².